The van der Waals surface area contributed by atoms with Gasteiger partial charge in [-0.2, -0.15) is 5.10 Å². The first-order valence-corrected chi connectivity index (χ1v) is 6.46. The molecule has 3 aromatic rings. The van der Waals surface area contributed by atoms with Gasteiger partial charge >= 0.3 is 0 Å². The van der Waals surface area contributed by atoms with Gasteiger partial charge in [-0.05, 0) is 22.4 Å². The Kier molecular flexibility index (Phi) is 3.05. The van der Waals surface area contributed by atoms with Crippen molar-refractivity contribution in [3.05, 3.63) is 66.0 Å². The third-order valence-electron chi connectivity index (χ3n) is 3.42. The first-order valence-electron chi connectivity index (χ1n) is 6.46. The van der Waals surface area contributed by atoms with Gasteiger partial charge in [0.1, 0.15) is 0 Å². The minimum Gasteiger partial charge on any atom is -0.324 e. The Morgan fingerprint density at radius 1 is 1.11 bits per heavy atom. The Labute approximate surface area is 112 Å². The molecule has 1 atom stereocenters. The molecule has 1 heterocycles. The molecule has 0 aliphatic rings. The molecule has 3 rings (SSSR count). The molecule has 0 radical (unpaired) electrons. The highest BCUT2D eigenvalue weighted by Gasteiger charge is 2.11. The van der Waals surface area contributed by atoms with Crippen LogP contribution in [0.2, 0.25) is 0 Å². The van der Waals surface area contributed by atoms with E-state index in [4.69, 9.17) is 5.73 Å². The van der Waals surface area contributed by atoms with E-state index in [0.29, 0.717) is 0 Å². The van der Waals surface area contributed by atoms with Crippen LogP contribution in [0.1, 0.15) is 17.3 Å². The summed E-state index contributed by atoms with van der Waals surface area (Å²) in [6.45, 7) is 0. The van der Waals surface area contributed by atoms with Crippen LogP contribution in [-0.2, 0) is 13.5 Å². The minimum absolute atomic E-state index is 0.0269. The van der Waals surface area contributed by atoms with E-state index >= 15 is 0 Å². The minimum atomic E-state index is -0.0269. The molecular formula is C16H17N3. The van der Waals surface area contributed by atoms with E-state index in [1.807, 2.05) is 24.0 Å². The Morgan fingerprint density at radius 2 is 1.89 bits per heavy atom. The molecule has 0 saturated carbocycles. The van der Waals surface area contributed by atoms with Gasteiger partial charge in [0.25, 0.3) is 0 Å². The van der Waals surface area contributed by atoms with Crippen molar-refractivity contribution in [1.29, 1.82) is 0 Å². The Morgan fingerprint density at radius 3 is 2.68 bits per heavy atom. The van der Waals surface area contributed by atoms with Gasteiger partial charge in [0.05, 0.1) is 5.69 Å². The van der Waals surface area contributed by atoms with Gasteiger partial charge in [-0.15, -0.1) is 0 Å². The van der Waals surface area contributed by atoms with E-state index in [9.17, 15) is 0 Å². The van der Waals surface area contributed by atoms with Crippen LogP contribution < -0.4 is 5.73 Å². The van der Waals surface area contributed by atoms with Crippen LogP contribution in [0.4, 0.5) is 0 Å². The molecule has 3 heteroatoms. The third-order valence-corrected chi connectivity index (χ3v) is 3.42. The molecule has 0 spiro atoms. The van der Waals surface area contributed by atoms with Gasteiger partial charge < -0.3 is 5.73 Å². The summed E-state index contributed by atoms with van der Waals surface area (Å²) in [6.07, 6.45) is 2.71. The van der Waals surface area contributed by atoms with Crippen LogP contribution in [0.3, 0.4) is 0 Å². The van der Waals surface area contributed by atoms with Crippen molar-refractivity contribution in [2.24, 2.45) is 12.8 Å². The van der Waals surface area contributed by atoms with Crippen LogP contribution >= 0.6 is 0 Å². The largest absolute Gasteiger partial charge is 0.324 e. The van der Waals surface area contributed by atoms with Crippen LogP contribution in [0.25, 0.3) is 10.8 Å². The normalized spacial score (nSPS) is 12.7. The average molecular weight is 251 g/mol. The Balaban J connectivity index is 1.95. The molecule has 0 saturated heterocycles. The summed E-state index contributed by atoms with van der Waals surface area (Å²) in [5.41, 5.74) is 8.57. The first-order chi connectivity index (χ1) is 9.24. The summed E-state index contributed by atoms with van der Waals surface area (Å²) in [4.78, 5) is 0. The lowest BCUT2D eigenvalue weighted by molar-refractivity contribution is 0.679. The molecule has 19 heavy (non-hydrogen) atoms. The third kappa shape index (κ3) is 2.37. The Bertz CT molecular complexity index is 695. The van der Waals surface area contributed by atoms with Crippen molar-refractivity contribution in [2.75, 3.05) is 0 Å². The second kappa shape index (κ2) is 4.86. The number of aryl methyl sites for hydroxylation is 1. The zero-order valence-electron chi connectivity index (χ0n) is 11.0. The maximum atomic E-state index is 6.35. The van der Waals surface area contributed by atoms with E-state index < -0.39 is 0 Å². The van der Waals surface area contributed by atoms with Crippen molar-refractivity contribution in [3.63, 3.8) is 0 Å². The highest BCUT2D eigenvalue weighted by molar-refractivity contribution is 5.86. The van der Waals surface area contributed by atoms with E-state index in [0.717, 1.165) is 12.1 Å². The number of hydrogen-bond donors (Lipinski definition) is 1. The molecule has 0 fully saturated rings. The van der Waals surface area contributed by atoms with Crippen LogP contribution in [0.5, 0.6) is 0 Å². The van der Waals surface area contributed by atoms with E-state index in [-0.39, 0.29) is 6.04 Å². The molecule has 3 nitrogen and oxygen atoms in total. The molecule has 0 aliphatic carbocycles. The van der Waals surface area contributed by atoms with E-state index in [1.165, 1.54) is 16.3 Å². The summed E-state index contributed by atoms with van der Waals surface area (Å²) in [5.74, 6) is 0. The highest BCUT2D eigenvalue weighted by Crippen LogP contribution is 2.24. The summed E-state index contributed by atoms with van der Waals surface area (Å²) in [6, 6.07) is 16.6. The smallest absolute Gasteiger partial charge is 0.0643 e. The number of rotatable bonds is 3. The predicted octanol–water partition coefficient (Wildman–Crippen LogP) is 2.82. The number of hydrogen-bond acceptors (Lipinski definition) is 2. The van der Waals surface area contributed by atoms with Gasteiger partial charge in [0.2, 0.25) is 0 Å². The SMILES string of the molecule is Cn1ccc(CC(N)c2cccc3ccccc23)n1. The van der Waals surface area contributed by atoms with Crippen molar-refractivity contribution >= 4 is 10.8 Å². The van der Waals surface area contributed by atoms with E-state index in [1.54, 1.807) is 0 Å². The fraction of sp³-hybridized carbons (Fsp3) is 0.188. The molecule has 96 valence electrons. The van der Waals surface area contributed by atoms with Crippen molar-refractivity contribution in [2.45, 2.75) is 12.5 Å². The fourth-order valence-corrected chi connectivity index (χ4v) is 2.48. The average Bonchev–Trinajstić information content (AvgIpc) is 2.83. The zero-order valence-corrected chi connectivity index (χ0v) is 11.0. The summed E-state index contributed by atoms with van der Waals surface area (Å²) >= 11 is 0. The molecule has 2 N–H and O–H groups in total. The predicted molar refractivity (Wildman–Crippen MR) is 77.8 cm³/mol. The second-order valence-electron chi connectivity index (χ2n) is 4.86. The van der Waals surface area contributed by atoms with Crippen molar-refractivity contribution in [1.82, 2.24) is 9.78 Å². The molecule has 0 bridgehead atoms. The van der Waals surface area contributed by atoms with Gasteiger partial charge in [-0.3, -0.25) is 4.68 Å². The van der Waals surface area contributed by atoms with Gasteiger partial charge in [-0.25, -0.2) is 0 Å². The van der Waals surface area contributed by atoms with Crippen molar-refractivity contribution < 1.29 is 0 Å². The summed E-state index contributed by atoms with van der Waals surface area (Å²) in [5, 5.41) is 6.86. The number of benzene rings is 2. The lowest BCUT2D eigenvalue weighted by Gasteiger charge is -2.13. The van der Waals surface area contributed by atoms with Crippen LogP contribution in [-0.4, -0.2) is 9.78 Å². The van der Waals surface area contributed by atoms with Gasteiger partial charge in [0, 0.05) is 25.7 Å². The molecular weight excluding hydrogens is 234 g/mol. The number of aromatic nitrogens is 2. The Hall–Kier alpha value is -2.13. The monoisotopic (exact) mass is 251 g/mol. The molecule has 1 unspecified atom stereocenters. The lowest BCUT2D eigenvalue weighted by Crippen LogP contribution is -2.14. The zero-order chi connectivity index (χ0) is 13.2. The van der Waals surface area contributed by atoms with E-state index in [2.05, 4.69) is 47.6 Å². The number of nitrogens with zero attached hydrogens (tertiary/aromatic N) is 2. The van der Waals surface area contributed by atoms with Gasteiger partial charge in [0.15, 0.2) is 0 Å². The fourth-order valence-electron chi connectivity index (χ4n) is 2.48. The summed E-state index contributed by atoms with van der Waals surface area (Å²) in [7, 11) is 1.92. The standard InChI is InChI=1S/C16H17N3/c1-19-10-9-13(18-19)11-16(17)15-8-4-6-12-5-2-3-7-14(12)15/h2-10,16H,11,17H2,1H3. The maximum Gasteiger partial charge on any atom is 0.0643 e. The van der Waals surface area contributed by atoms with Gasteiger partial charge in [-0.1, -0.05) is 42.5 Å². The van der Waals surface area contributed by atoms with Crippen molar-refractivity contribution in [3.8, 4) is 0 Å². The molecule has 0 amide bonds. The molecule has 1 aromatic heterocycles. The molecule has 2 aromatic carbocycles. The number of fused-ring (bicyclic) bond motifs is 1. The lowest BCUT2D eigenvalue weighted by atomic mass is 9.96. The summed E-state index contributed by atoms with van der Waals surface area (Å²) < 4.78 is 1.81. The maximum absolute atomic E-state index is 6.35. The van der Waals surface area contributed by atoms with Crippen LogP contribution in [0.15, 0.2) is 54.7 Å². The van der Waals surface area contributed by atoms with Crippen LogP contribution in [0, 0.1) is 0 Å². The first kappa shape index (κ1) is 11.9. The molecule has 0 aliphatic heterocycles. The second-order valence-corrected chi connectivity index (χ2v) is 4.86. The highest BCUT2D eigenvalue weighted by atomic mass is 15.2. The topological polar surface area (TPSA) is 43.8 Å². The number of nitrogens with two attached hydrogens (primary N) is 1. The quantitative estimate of drug-likeness (QED) is 0.778.